The highest BCUT2D eigenvalue weighted by atomic mass is 32.1. The predicted octanol–water partition coefficient (Wildman–Crippen LogP) is 3.37. The van der Waals surface area contributed by atoms with Crippen molar-refractivity contribution < 1.29 is 0 Å². The summed E-state index contributed by atoms with van der Waals surface area (Å²) in [5.74, 6) is 0. The van der Waals surface area contributed by atoms with E-state index in [0.717, 1.165) is 18.0 Å². The van der Waals surface area contributed by atoms with Crippen LogP contribution in [0.5, 0.6) is 0 Å². The van der Waals surface area contributed by atoms with Crippen molar-refractivity contribution in [2.45, 2.75) is 38.1 Å². The molecule has 0 radical (unpaired) electrons. The maximum atomic E-state index is 4.69. The summed E-state index contributed by atoms with van der Waals surface area (Å²) in [6, 6.07) is 9.14. The molecule has 3 heteroatoms. The fourth-order valence-corrected chi connectivity index (χ4v) is 3.48. The summed E-state index contributed by atoms with van der Waals surface area (Å²) in [4.78, 5) is 4.69. The van der Waals surface area contributed by atoms with Crippen LogP contribution >= 0.6 is 11.3 Å². The van der Waals surface area contributed by atoms with Crippen LogP contribution in [-0.4, -0.2) is 17.6 Å². The van der Waals surface area contributed by atoms with Crippen LogP contribution in [0.1, 0.15) is 30.7 Å². The molecule has 1 saturated heterocycles. The first-order valence-electron chi connectivity index (χ1n) is 6.50. The highest BCUT2D eigenvalue weighted by molar-refractivity contribution is 7.18. The zero-order valence-electron chi connectivity index (χ0n) is 9.98. The molecule has 90 valence electrons. The first-order valence-corrected chi connectivity index (χ1v) is 7.31. The maximum absolute atomic E-state index is 4.69. The number of benzene rings is 1. The molecule has 1 atom stereocenters. The van der Waals surface area contributed by atoms with Crippen LogP contribution in [0.25, 0.3) is 10.2 Å². The van der Waals surface area contributed by atoms with E-state index in [1.54, 1.807) is 0 Å². The molecule has 2 heterocycles. The molecule has 0 aliphatic carbocycles. The summed E-state index contributed by atoms with van der Waals surface area (Å²) in [5.41, 5.74) is 1.16. The van der Waals surface area contributed by atoms with Crippen LogP contribution in [-0.2, 0) is 6.42 Å². The Balaban J connectivity index is 1.64. The molecular formula is C14H18N2S. The molecule has 0 bridgehead atoms. The molecule has 1 fully saturated rings. The van der Waals surface area contributed by atoms with E-state index in [0.29, 0.717) is 0 Å². The molecule has 1 N–H and O–H groups in total. The molecule has 0 spiro atoms. The summed E-state index contributed by atoms with van der Waals surface area (Å²) in [6.45, 7) is 1.20. The minimum absolute atomic E-state index is 0.718. The molecule has 17 heavy (non-hydrogen) atoms. The molecule has 3 rings (SSSR count). The maximum Gasteiger partial charge on any atom is 0.0939 e. The fraction of sp³-hybridized carbons (Fsp3) is 0.500. The highest BCUT2D eigenvalue weighted by Crippen LogP contribution is 2.23. The molecule has 2 nitrogen and oxygen atoms in total. The largest absolute Gasteiger partial charge is 0.314 e. The van der Waals surface area contributed by atoms with Crippen molar-refractivity contribution in [3.63, 3.8) is 0 Å². The minimum Gasteiger partial charge on any atom is -0.314 e. The van der Waals surface area contributed by atoms with Gasteiger partial charge in [0.05, 0.1) is 15.2 Å². The van der Waals surface area contributed by atoms with Crippen molar-refractivity contribution in [1.82, 2.24) is 10.3 Å². The number of nitrogens with one attached hydrogen (secondary N) is 1. The van der Waals surface area contributed by atoms with Gasteiger partial charge in [-0.2, -0.15) is 0 Å². The molecule has 1 aromatic carbocycles. The fourth-order valence-electron chi connectivity index (χ4n) is 2.49. The van der Waals surface area contributed by atoms with Gasteiger partial charge in [0, 0.05) is 12.5 Å². The van der Waals surface area contributed by atoms with E-state index in [9.17, 15) is 0 Å². The summed E-state index contributed by atoms with van der Waals surface area (Å²) < 4.78 is 1.32. The van der Waals surface area contributed by atoms with Crippen LogP contribution in [0.4, 0.5) is 0 Å². The molecule has 1 aliphatic rings. The lowest BCUT2D eigenvalue weighted by molar-refractivity contribution is 0.383. The van der Waals surface area contributed by atoms with E-state index in [2.05, 4.69) is 34.6 Å². The van der Waals surface area contributed by atoms with Crippen molar-refractivity contribution in [3.05, 3.63) is 29.3 Å². The summed E-state index contributed by atoms with van der Waals surface area (Å²) >= 11 is 1.85. The zero-order valence-corrected chi connectivity index (χ0v) is 10.8. The van der Waals surface area contributed by atoms with Crippen LogP contribution in [0.3, 0.4) is 0 Å². The Kier molecular flexibility index (Phi) is 3.39. The predicted molar refractivity (Wildman–Crippen MR) is 73.6 cm³/mol. The Labute approximate surface area is 106 Å². The number of piperidine rings is 1. The molecule has 0 saturated carbocycles. The number of hydrogen-bond acceptors (Lipinski definition) is 3. The average Bonchev–Trinajstić information content (AvgIpc) is 2.80. The Morgan fingerprint density at radius 3 is 3.06 bits per heavy atom. The SMILES string of the molecule is c1ccc2sc(CCC3CCCCN3)nc2c1. The summed E-state index contributed by atoms with van der Waals surface area (Å²) in [6.07, 6.45) is 6.43. The van der Waals surface area contributed by atoms with Gasteiger partial charge in [-0.05, 0) is 37.9 Å². The lowest BCUT2D eigenvalue weighted by atomic mass is 10.0. The van der Waals surface area contributed by atoms with Crippen molar-refractivity contribution in [2.75, 3.05) is 6.54 Å². The van der Waals surface area contributed by atoms with Gasteiger partial charge in [0.1, 0.15) is 0 Å². The molecule has 2 aromatic rings. The van der Waals surface area contributed by atoms with Gasteiger partial charge in [-0.3, -0.25) is 0 Å². The van der Waals surface area contributed by atoms with Gasteiger partial charge in [0.15, 0.2) is 0 Å². The molecule has 0 amide bonds. The Morgan fingerprint density at radius 1 is 1.29 bits per heavy atom. The quantitative estimate of drug-likeness (QED) is 0.898. The van der Waals surface area contributed by atoms with Crippen molar-refractivity contribution >= 4 is 21.6 Å². The molecule has 1 aromatic heterocycles. The van der Waals surface area contributed by atoms with Crippen LogP contribution in [0, 0.1) is 0 Å². The number of hydrogen-bond donors (Lipinski definition) is 1. The number of fused-ring (bicyclic) bond motifs is 1. The minimum atomic E-state index is 0.718. The van der Waals surface area contributed by atoms with E-state index < -0.39 is 0 Å². The Morgan fingerprint density at radius 2 is 2.24 bits per heavy atom. The van der Waals surface area contributed by atoms with Gasteiger partial charge in [0.2, 0.25) is 0 Å². The Hall–Kier alpha value is -0.930. The monoisotopic (exact) mass is 246 g/mol. The second-order valence-corrected chi connectivity index (χ2v) is 5.88. The lowest BCUT2D eigenvalue weighted by Gasteiger charge is -2.22. The zero-order chi connectivity index (χ0) is 11.5. The third-order valence-corrected chi connectivity index (χ3v) is 4.55. The van der Waals surface area contributed by atoms with Gasteiger partial charge in [-0.25, -0.2) is 4.98 Å². The number of para-hydroxylation sites is 1. The number of aryl methyl sites for hydroxylation is 1. The van der Waals surface area contributed by atoms with Crippen LogP contribution < -0.4 is 5.32 Å². The molecular weight excluding hydrogens is 228 g/mol. The van der Waals surface area contributed by atoms with E-state index >= 15 is 0 Å². The van der Waals surface area contributed by atoms with E-state index in [-0.39, 0.29) is 0 Å². The van der Waals surface area contributed by atoms with Crippen LogP contribution in [0.2, 0.25) is 0 Å². The average molecular weight is 246 g/mol. The van der Waals surface area contributed by atoms with Gasteiger partial charge in [-0.15, -0.1) is 11.3 Å². The third kappa shape index (κ3) is 2.67. The van der Waals surface area contributed by atoms with Gasteiger partial charge < -0.3 is 5.32 Å². The second kappa shape index (κ2) is 5.15. The second-order valence-electron chi connectivity index (χ2n) is 4.76. The highest BCUT2D eigenvalue weighted by Gasteiger charge is 2.13. The van der Waals surface area contributed by atoms with Crippen molar-refractivity contribution in [3.8, 4) is 0 Å². The summed E-state index contributed by atoms with van der Waals surface area (Å²) in [7, 11) is 0. The number of thiazole rings is 1. The molecule has 1 unspecified atom stereocenters. The van der Waals surface area contributed by atoms with Crippen molar-refractivity contribution in [1.29, 1.82) is 0 Å². The molecule has 1 aliphatic heterocycles. The van der Waals surface area contributed by atoms with Crippen LogP contribution in [0.15, 0.2) is 24.3 Å². The topological polar surface area (TPSA) is 24.9 Å². The first kappa shape index (κ1) is 11.2. The van der Waals surface area contributed by atoms with Gasteiger partial charge in [-0.1, -0.05) is 18.6 Å². The normalized spacial score (nSPS) is 20.8. The van der Waals surface area contributed by atoms with Gasteiger partial charge in [0.25, 0.3) is 0 Å². The number of aromatic nitrogens is 1. The van der Waals surface area contributed by atoms with E-state index in [1.807, 2.05) is 11.3 Å². The number of nitrogens with zero attached hydrogens (tertiary/aromatic N) is 1. The number of rotatable bonds is 3. The van der Waals surface area contributed by atoms with Crippen molar-refractivity contribution in [2.24, 2.45) is 0 Å². The van der Waals surface area contributed by atoms with E-state index in [4.69, 9.17) is 0 Å². The summed E-state index contributed by atoms with van der Waals surface area (Å²) in [5, 5.41) is 4.89. The Bertz CT molecular complexity index is 453. The van der Waals surface area contributed by atoms with Gasteiger partial charge >= 0.3 is 0 Å². The third-order valence-electron chi connectivity index (χ3n) is 3.46. The van der Waals surface area contributed by atoms with E-state index in [1.165, 1.54) is 41.9 Å². The first-order chi connectivity index (χ1) is 8.42. The standard InChI is InChI=1S/C14H18N2S/c1-2-7-13-12(6-1)16-14(17-13)9-8-11-5-3-4-10-15-11/h1-2,6-7,11,15H,3-5,8-10H2. The smallest absolute Gasteiger partial charge is 0.0939 e. The lowest BCUT2D eigenvalue weighted by Crippen LogP contribution is -2.34.